The summed E-state index contributed by atoms with van der Waals surface area (Å²) >= 11 is 0. The molecule has 0 bridgehead atoms. The van der Waals surface area contributed by atoms with Crippen LogP contribution in [0.25, 0.3) is 0 Å². The Morgan fingerprint density at radius 3 is 2.46 bits per heavy atom. The Kier molecular flexibility index (Phi) is 6.61. The zero-order valence-electron chi connectivity index (χ0n) is 14.1. The van der Waals surface area contributed by atoms with Gasteiger partial charge in [-0.3, -0.25) is 0 Å². The van der Waals surface area contributed by atoms with Gasteiger partial charge in [0.05, 0.1) is 19.8 Å². The molecule has 24 heavy (non-hydrogen) atoms. The third-order valence-electron chi connectivity index (χ3n) is 4.02. The van der Waals surface area contributed by atoms with Crippen molar-refractivity contribution in [3.63, 3.8) is 0 Å². The van der Waals surface area contributed by atoms with Crippen LogP contribution in [0.2, 0.25) is 0 Å². The zero-order chi connectivity index (χ0) is 17.5. The number of hydrogen-bond donors (Lipinski definition) is 4. The first kappa shape index (κ1) is 18.3. The number of hydrogen-bond acceptors (Lipinski definition) is 5. The van der Waals surface area contributed by atoms with Crippen molar-refractivity contribution in [2.75, 3.05) is 13.7 Å². The summed E-state index contributed by atoms with van der Waals surface area (Å²) in [6.07, 6.45) is 0.142. The molecule has 2 rings (SSSR count). The number of rotatable bonds is 8. The van der Waals surface area contributed by atoms with E-state index in [9.17, 15) is 15.3 Å². The lowest BCUT2D eigenvalue weighted by Gasteiger charge is -2.18. The highest BCUT2D eigenvalue weighted by atomic mass is 16.5. The standard InChI is InChI=1S/C19H25NO4/c1-13(9-14-3-6-17(24-2)7-4-14)20-11-19(23)15-5-8-18(22)16(10-15)12-21/h3-8,10,13,19-23H,9,11-12H2,1-2H3/t13-,19-/m0/s1. The molecule has 0 heterocycles. The van der Waals surface area contributed by atoms with Crippen LogP contribution in [0.3, 0.4) is 0 Å². The largest absolute Gasteiger partial charge is 0.508 e. The Balaban J connectivity index is 1.87. The molecule has 0 saturated carbocycles. The number of benzene rings is 2. The normalized spacial score (nSPS) is 13.5. The third-order valence-corrected chi connectivity index (χ3v) is 4.02. The topological polar surface area (TPSA) is 82.0 Å². The van der Waals surface area contributed by atoms with E-state index in [1.165, 1.54) is 11.6 Å². The van der Waals surface area contributed by atoms with Crippen LogP contribution in [0, 0.1) is 0 Å². The van der Waals surface area contributed by atoms with Crippen molar-refractivity contribution in [3.05, 3.63) is 59.2 Å². The van der Waals surface area contributed by atoms with Gasteiger partial charge in [-0.15, -0.1) is 0 Å². The molecular weight excluding hydrogens is 306 g/mol. The summed E-state index contributed by atoms with van der Waals surface area (Å²) in [4.78, 5) is 0. The van der Waals surface area contributed by atoms with Gasteiger partial charge in [0.1, 0.15) is 11.5 Å². The van der Waals surface area contributed by atoms with Gasteiger partial charge in [-0.2, -0.15) is 0 Å². The van der Waals surface area contributed by atoms with Gasteiger partial charge in [-0.05, 0) is 48.7 Å². The Morgan fingerprint density at radius 1 is 1.12 bits per heavy atom. The lowest BCUT2D eigenvalue weighted by molar-refractivity contribution is 0.170. The fourth-order valence-electron chi connectivity index (χ4n) is 2.56. The van der Waals surface area contributed by atoms with Gasteiger partial charge in [0, 0.05) is 18.2 Å². The van der Waals surface area contributed by atoms with Gasteiger partial charge in [0.15, 0.2) is 0 Å². The molecule has 0 saturated heterocycles. The maximum Gasteiger partial charge on any atom is 0.121 e. The molecule has 2 atom stereocenters. The first-order valence-corrected chi connectivity index (χ1v) is 8.00. The highest BCUT2D eigenvalue weighted by molar-refractivity contribution is 5.36. The van der Waals surface area contributed by atoms with Crippen LogP contribution in [-0.2, 0) is 13.0 Å². The van der Waals surface area contributed by atoms with Crippen molar-refractivity contribution in [2.24, 2.45) is 0 Å². The summed E-state index contributed by atoms with van der Waals surface area (Å²) < 4.78 is 5.15. The predicted octanol–water partition coefficient (Wildman–Crippen LogP) is 2.15. The van der Waals surface area contributed by atoms with Crippen molar-refractivity contribution in [1.82, 2.24) is 5.32 Å². The number of aromatic hydroxyl groups is 1. The van der Waals surface area contributed by atoms with Crippen LogP contribution < -0.4 is 10.1 Å². The molecule has 5 nitrogen and oxygen atoms in total. The molecule has 0 aliphatic rings. The summed E-state index contributed by atoms with van der Waals surface area (Å²) in [7, 11) is 1.64. The van der Waals surface area contributed by atoms with E-state index in [1.54, 1.807) is 19.2 Å². The lowest BCUT2D eigenvalue weighted by atomic mass is 10.0. The molecule has 0 amide bonds. The van der Waals surface area contributed by atoms with E-state index < -0.39 is 6.10 Å². The average Bonchev–Trinajstić information content (AvgIpc) is 2.60. The molecule has 5 heteroatoms. The second kappa shape index (κ2) is 8.68. The van der Waals surface area contributed by atoms with Crippen molar-refractivity contribution in [2.45, 2.75) is 32.1 Å². The number of nitrogens with one attached hydrogen (secondary N) is 1. The van der Waals surface area contributed by atoms with Gasteiger partial charge in [-0.1, -0.05) is 18.2 Å². The first-order chi connectivity index (χ1) is 11.5. The monoisotopic (exact) mass is 331 g/mol. The molecule has 0 spiro atoms. The van der Waals surface area contributed by atoms with Gasteiger partial charge in [0.25, 0.3) is 0 Å². The van der Waals surface area contributed by atoms with Crippen LogP contribution in [0.15, 0.2) is 42.5 Å². The predicted molar refractivity (Wildman–Crippen MR) is 93.2 cm³/mol. The zero-order valence-corrected chi connectivity index (χ0v) is 14.1. The second-order valence-corrected chi connectivity index (χ2v) is 5.92. The third kappa shape index (κ3) is 4.96. The summed E-state index contributed by atoms with van der Waals surface area (Å²) in [6.45, 7) is 2.20. The van der Waals surface area contributed by atoms with E-state index in [2.05, 4.69) is 12.2 Å². The molecule has 0 aliphatic heterocycles. The maximum absolute atomic E-state index is 10.3. The van der Waals surface area contributed by atoms with Gasteiger partial charge in [0.2, 0.25) is 0 Å². The smallest absolute Gasteiger partial charge is 0.121 e. The van der Waals surface area contributed by atoms with Crippen LogP contribution in [0.4, 0.5) is 0 Å². The molecule has 4 N–H and O–H groups in total. The van der Waals surface area contributed by atoms with E-state index in [1.807, 2.05) is 24.3 Å². The van der Waals surface area contributed by atoms with Crippen LogP contribution in [-0.4, -0.2) is 35.0 Å². The summed E-state index contributed by atoms with van der Waals surface area (Å²) in [5.41, 5.74) is 2.27. The van der Waals surface area contributed by atoms with Gasteiger partial charge >= 0.3 is 0 Å². The van der Waals surface area contributed by atoms with Gasteiger partial charge < -0.3 is 25.4 Å². The highest BCUT2D eigenvalue weighted by Crippen LogP contribution is 2.22. The second-order valence-electron chi connectivity index (χ2n) is 5.92. The van der Waals surface area contributed by atoms with Crippen LogP contribution in [0.1, 0.15) is 29.7 Å². The van der Waals surface area contributed by atoms with Gasteiger partial charge in [-0.25, -0.2) is 0 Å². The molecule has 130 valence electrons. The Morgan fingerprint density at radius 2 is 1.83 bits per heavy atom. The van der Waals surface area contributed by atoms with E-state index in [4.69, 9.17) is 4.74 Å². The molecule has 2 aromatic rings. The number of aliphatic hydroxyl groups is 2. The Bertz CT molecular complexity index is 642. The molecule has 0 radical (unpaired) electrons. The molecule has 0 aliphatic carbocycles. The van der Waals surface area contributed by atoms with E-state index in [-0.39, 0.29) is 18.4 Å². The number of ether oxygens (including phenoxy) is 1. The minimum atomic E-state index is -0.700. The molecule has 0 unspecified atom stereocenters. The number of methoxy groups -OCH3 is 1. The molecule has 0 fully saturated rings. The van der Waals surface area contributed by atoms with Crippen LogP contribution in [0.5, 0.6) is 11.5 Å². The molecule has 0 aromatic heterocycles. The highest BCUT2D eigenvalue weighted by Gasteiger charge is 2.12. The van der Waals surface area contributed by atoms with E-state index in [0.717, 1.165) is 12.2 Å². The van der Waals surface area contributed by atoms with Crippen LogP contribution >= 0.6 is 0 Å². The average molecular weight is 331 g/mol. The SMILES string of the molecule is COc1ccc(C[C@H](C)NC[C@H](O)c2ccc(O)c(CO)c2)cc1. The fourth-order valence-corrected chi connectivity index (χ4v) is 2.56. The van der Waals surface area contributed by atoms with Crippen molar-refractivity contribution >= 4 is 0 Å². The molecule has 2 aromatic carbocycles. The summed E-state index contributed by atoms with van der Waals surface area (Å²) in [5, 5.41) is 32.3. The molecular formula is C19H25NO4. The minimum absolute atomic E-state index is 0.0364. The number of phenols is 1. The maximum atomic E-state index is 10.3. The Labute approximate surface area is 142 Å². The minimum Gasteiger partial charge on any atom is -0.508 e. The summed E-state index contributed by atoms with van der Waals surface area (Å²) in [5.74, 6) is 0.871. The quantitative estimate of drug-likeness (QED) is 0.596. The van der Waals surface area contributed by atoms with E-state index >= 15 is 0 Å². The Hall–Kier alpha value is -2.08. The van der Waals surface area contributed by atoms with Crippen molar-refractivity contribution in [3.8, 4) is 11.5 Å². The van der Waals surface area contributed by atoms with E-state index in [0.29, 0.717) is 17.7 Å². The summed E-state index contributed by atoms with van der Waals surface area (Å²) in [6, 6.07) is 12.9. The lowest BCUT2D eigenvalue weighted by Crippen LogP contribution is -2.32. The van der Waals surface area contributed by atoms with Crippen molar-refractivity contribution in [1.29, 1.82) is 0 Å². The first-order valence-electron chi connectivity index (χ1n) is 8.00. The fraction of sp³-hybridized carbons (Fsp3) is 0.368. The van der Waals surface area contributed by atoms with Crippen molar-refractivity contribution < 1.29 is 20.1 Å². The number of aliphatic hydroxyl groups excluding tert-OH is 2.